The first-order valence-electron chi connectivity index (χ1n) is 10.8. The van der Waals surface area contributed by atoms with E-state index in [1.54, 1.807) is 36.4 Å². The zero-order valence-electron chi connectivity index (χ0n) is 18.4. The molecule has 1 saturated heterocycles. The lowest BCUT2D eigenvalue weighted by molar-refractivity contribution is 0.0746. The number of halogens is 3. The average molecular weight is 639 g/mol. The molecule has 0 spiro atoms. The molecule has 0 atom stereocenters. The van der Waals surface area contributed by atoms with Crippen LogP contribution in [0.15, 0.2) is 66.7 Å². The molecule has 0 bridgehead atoms. The highest BCUT2D eigenvalue weighted by Gasteiger charge is 2.24. The fourth-order valence-corrected chi connectivity index (χ4v) is 4.80. The van der Waals surface area contributed by atoms with E-state index in [1.165, 1.54) is 0 Å². The highest BCUT2D eigenvalue weighted by atomic mass is 127. The summed E-state index contributed by atoms with van der Waals surface area (Å²) in [5.74, 6) is -0.385. The predicted octanol–water partition coefficient (Wildman–Crippen LogP) is 5.69. The van der Waals surface area contributed by atoms with E-state index in [2.05, 4.69) is 38.1 Å². The molecule has 1 heterocycles. The Morgan fingerprint density at radius 2 is 1.60 bits per heavy atom. The monoisotopic (exact) mass is 638 g/mol. The van der Waals surface area contributed by atoms with Crippen molar-refractivity contribution in [1.82, 2.24) is 10.2 Å². The molecule has 2 N–H and O–H groups in total. The van der Waals surface area contributed by atoms with Crippen molar-refractivity contribution in [2.75, 3.05) is 36.4 Å². The van der Waals surface area contributed by atoms with Crippen LogP contribution in [0.2, 0.25) is 10.0 Å². The largest absolute Gasteiger partial charge is 0.366 e. The van der Waals surface area contributed by atoms with Crippen LogP contribution in [0.3, 0.4) is 0 Å². The third-order valence-corrected chi connectivity index (χ3v) is 7.01. The number of anilines is 2. The van der Waals surface area contributed by atoms with Gasteiger partial charge < -0.3 is 15.1 Å². The minimum Gasteiger partial charge on any atom is -0.366 e. The summed E-state index contributed by atoms with van der Waals surface area (Å²) in [6.07, 6.45) is 0. The second kappa shape index (κ2) is 11.6. The molecule has 2 amide bonds. The van der Waals surface area contributed by atoms with E-state index in [4.69, 9.17) is 35.4 Å². The SMILES string of the molecule is O=C(NC(=S)Nc1ccccc1N1CCN(C(=O)c2ccc(Cl)cc2)CC1)c1cc(I)ccc1Cl. The molecule has 0 unspecified atom stereocenters. The summed E-state index contributed by atoms with van der Waals surface area (Å²) in [6, 6.07) is 19.9. The Morgan fingerprint density at radius 1 is 0.914 bits per heavy atom. The number of benzene rings is 3. The number of para-hydroxylation sites is 2. The van der Waals surface area contributed by atoms with Gasteiger partial charge in [-0.05, 0) is 89.4 Å². The lowest BCUT2D eigenvalue weighted by Crippen LogP contribution is -2.49. The Kier molecular flexibility index (Phi) is 8.48. The maximum absolute atomic E-state index is 12.8. The number of rotatable bonds is 4. The molecule has 10 heteroatoms. The Labute approximate surface area is 232 Å². The maximum atomic E-state index is 12.8. The summed E-state index contributed by atoms with van der Waals surface area (Å²) >= 11 is 19.6. The van der Waals surface area contributed by atoms with E-state index in [0.717, 1.165) is 14.9 Å². The molecule has 1 fully saturated rings. The topological polar surface area (TPSA) is 64.7 Å². The lowest BCUT2D eigenvalue weighted by Gasteiger charge is -2.37. The number of amides is 2. The molecule has 3 aromatic rings. The summed E-state index contributed by atoms with van der Waals surface area (Å²) < 4.78 is 0.898. The minimum absolute atomic E-state index is 0.00847. The molecular weight excluding hydrogens is 618 g/mol. The summed E-state index contributed by atoms with van der Waals surface area (Å²) in [7, 11) is 0. The van der Waals surface area contributed by atoms with Gasteiger partial charge in [-0.15, -0.1) is 0 Å². The first-order valence-corrected chi connectivity index (χ1v) is 13.0. The van der Waals surface area contributed by atoms with E-state index in [-0.39, 0.29) is 16.9 Å². The normalized spacial score (nSPS) is 13.3. The van der Waals surface area contributed by atoms with Gasteiger partial charge in [0, 0.05) is 40.3 Å². The number of hydrogen-bond donors (Lipinski definition) is 2. The van der Waals surface area contributed by atoms with Crippen LogP contribution in [0, 0.1) is 3.57 Å². The van der Waals surface area contributed by atoms with Crippen LogP contribution in [0.5, 0.6) is 0 Å². The Balaban J connectivity index is 1.39. The van der Waals surface area contributed by atoms with Gasteiger partial charge in [0.2, 0.25) is 0 Å². The summed E-state index contributed by atoms with van der Waals surface area (Å²) in [4.78, 5) is 29.5. The first-order chi connectivity index (χ1) is 16.8. The van der Waals surface area contributed by atoms with Crippen LogP contribution in [0.25, 0.3) is 0 Å². The van der Waals surface area contributed by atoms with Crippen molar-refractivity contribution in [3.8, 4) is 0 Å². The number of hydrogen-bond acceptors (Lipinski definition) is 4. The number of nitrogens with zero attached hydrogens (tertiary/aromatic N) is 2. The van der Waals surface area contributed by atoms with Crippen LogP contribution in [-0.4, -0.2) is 48.0 Å². The van der Waals surface area contributed by atoms with Crippen molar-refractivity contribution in [2.24, 2.45) is 0 Å². The van der Waals surface area contributed by atoms with Crippen molar-refractivity contribution in [1.29, 1.82) is 0 Å². The van der Waals surface area contributed by atoms with Crippen LogP contribution in [0.4, 0.5) is 11.4 Å². The van der Waals surface area contributed by atoms with Crippen LogP contribution < -0.4 is 15.5 Å². The molecule has 1 aliphatic heterocycles. The zero-order chi connectivity index (χ0) is 24.9. The van der Waals surface area contributed by atoms with Gasteiger partial charge in [0.1, 0.15) is 0 Å². The van der Waals surface area contributed by atoms with Crippen molar-refractivity contribution in [3.63, 3.8) is 0 Å². The Bertz CT molecular complexity index is 1260. The van der Waals surface area contributed by atoms with E-state index >= 15 is 0 Å². The summed E-state index contributed by atoms with van der Waals surface area (Å²) in [5, 5.41) is 6.96. The van der Waals surface area contributed by atoms with Gasteiger partial charge in [-0.3, -0.25) is 14.9 Å². The first kappa shape index (κ1) is 25.7. The fraction of sp³-hybridized carbons (Fsp3) is 0.160. The van der Waals surface area contributed by atoms with Crippen LogP contribution >= 0.6 is 58.0 Å². The van der Waals surface area contributed by atoms with E-state index in [1.807, 2.05) is 35.2 Å². The van der Waals surface area contributed by atoms with Gasteiger partial charge in [0.25, 0.3) is 11.8 Å². The molecule has 0 saturated carbocycles. The molecule has 0 radical (unpaired) electrons. The van der Waals surface area contributed by atoms with Crippen molar-refractivity contribution in [3.05, 3.63) is 91.5 Å². The van der Waals surface area contributed by atoms with Crippen LogP contribution in [0.1, 0.15) is 20.7 Å². The third kappa shape index (κ3) is 6.43. The smallest absolute Gasteiger partial charge is 0.258 e. The number of piperazine rings is 1. The zero-order valence-corrected chi connectivity index (χ0v) is 22.9. The predicted molar refractivity (Wildman–Crippen MR) is 154 cm³/mol. The molecule has 35 heavy (non-hydrogen) atoms. The highest BCUT2D eigenvalue weighted by Crippen LogP contribution is 2.27. The van der Waals surface area contributed by atoms with Crippen molar-refractivity contribution in [2.45, 2.75) is 0 Å². The van der Waals surface area contributed by atoms with Gasteiger partial charge in [0.05, 0.1) is 22.0 Å². The lowest BCUT2D eigenvalue weighted by atomic mass is 10.1. The van der Waals surface area contributed by atoms with Gasteiger partial charge in [-0.1, -0.05) is 35.3 Å². The minimum atomic E-state index is -0.377. The molecule has 4 rings (SSSR count). The molecule has 1 aliphatic rings. The molecule has 0 aromatic heterocycles. The quantitative estimate of drug-likeness (QED) is 0.284. The van der Waals surface area contributed by atoms with Gasteiger partial charge in [0.15, 0.2) is 5.11 Å². The molecule has 0 aliphatic carbocycles. The maximum Gasteiger partial charge on any atom is 0.258 e. The van der Waals surface area contributed by atoms with E-state index < -0.39 is 0 Å². The molecule has 3 aromatic carbocycles. The van der Waals surface area contributed by atoms with E-state index in [9.17, 15) is 9.59 Å². The second-order valence-electron chi connectivity index (χ2n) is 7.84. The van der Waals surface area contributed by atoms with E-state index in [0.29, 0.717) is 47.4 Å². The summed E-state index contributed by atoms with van der Waals surface area (Å²) in [5.41, 5.74) is 2.69. The van der Waals surface area contributed by atoms with Gasteiger partial charge in [-0.2, -0.15) is 0 Å². The number of carbonyl (C=O) groups excluding carboxylic acids is 2. The Hall–Kier alpha value is -2.40. The Morgan fingerprint density at radius 3 is 2.31 bits per heavy atom. The molecular formula is C25H21Cl2IN4O2S. The fourth-order valence-electron chi connectivity index (χ4n) is 3.78. The van der Waals surface area contributed by atoms with Gasteiger partial charge >= 0.3 is 0 Å². The average Bonchev–Trinajstić information content (AvgIpc) is 2.86. The third-order valence-electron chi connectivity index (χ3n) is 5.55. The van der Waals surface area contributed by atoms with Crippen molar-refractivity contribution >= 4 is 86.3 Å². The number of thiocarbonyl (C=S) groups is 1. The van der Waals surface area contributed by atoms with Gasteiger partial charge in [-0.25, -0.2) is 0 Å². The number of nitrogens with one attached hydrogen (secondary N) is 2. The van der Waals surface area contributed by atoms with Crippen molar-refractivity contribution < 1.29 is 9.59 Å². The summed E-state index contributed by atoms with van der Waals surface area (Å²) in [6.45, 7) is 2.49. The highest BCUT2D eigenvalue weighted by molar-refractivity contribution is 14.1. The second-order valence-corrected chi connectivity index (χ2v) is 10.3. The number of carbonyl (C=O) groups is 2. The van der Waals surface area contributed by atoms with Crippen LogP contribution in [-0.2, 0) is 0 Å². The molecule has 180 valence electrons. The standard InChI is InChI=1S/C25H21Cl2IN4O2S/c26-17-7-5-16(6-8-17)24(34)32-13-11-31(12-14-32)22-4-2-1-3-21(22)29-25(35)30-23(33)19-15-18(28)9-10-20(19)27/h1-10,15H,11-14H2,(H2,29,30,33,35). The molecule has 6 nitrogen and oxygen atoms in total.